The molecule has 0 aromatic heterocycles. The number of ether oxygens (including phenoxy) is 2. The first-order valence-corrected chi connectivity index (χ1v) is 6.74. The molecule has 4 nitrogen and oxygen atoms in total. The smallest absolute Gasteiger partial charge is 0.338 e. The molecule has 2 rings (SSSR count). The number of esters is 1. The zero-order valence-electron chi connectivity index (χ0n) is 11.8. The zero-order valence-corrected chi connectivity index (χ0v) is 11.8. The van der Waals surface area contributed by atoms with E-state index in [1.165, 1.54) is 0 Å². The van der Waals surface area contributed by atoms with Crippen molar-refractivity contribution in [1.82, 2.24) is 5.32 Å². The minimum absolute atomic E-state index is 0.0729. The Morgan fingerprint density at radius 3 is 2.84 bits per heavy atom. The molecule has 0 spiro atoms. The van der Waals surface area contributed by atoms with Gasteiger partial charge < -0.3 is 14.8 Å². The van der Waals surface area contributed by atoms with Gasteiger partial charge in [0.25, 0.3) is 0 Å². The van der Waals surface area contributed by atoms with Crippen LogP contribution in [0.15, 0.2) is 12.1 Å². The van der Waals surface area contributed by atoms with Gasteiger partial charge in [-0.1, -0.05) is 6.07 Å². The Labute approximate surface area is 114 Å². The average molecular weight is 263 g/mol. The second-order valence-corrected chi connectivity index (χ2v) is 4.74. The SMILES string of the molecule is CCOC(=O)c1ccc([C@@H]2CNCCO2)c(C)c1C. The number of nitrogens with one attached hydrogen (secondary N) is 1. The summed E-state index contributed by atoms with van der Waals surface area (Å²) in [6, 6.07) is 3.82. The maximum atomic E-state index is 11.8. The van der Waals surface area contributed by atoms with Gasteiger partial charge in [0.15, 0.2) is 0 Å². The van der Waals surface area contributed by atoms with Gasteiger partial charge in [-0.15, -0.1) is 0 Å². The molecule has 1 N–H and O–H groups in total. The molecular weight excluding hydrogens is 242 g/mol. The highest BCUT2D eigenvalue weighted by atomic mass is 16.5. The minimum Gasteiger partial charge on any atom is -0.462 e. The molecule has 104 valence electrons. The van der Waals surface area contributed by atoms with Crippen LogP contribution in [0.2, 0.25) is 0 Å². The lowest BCUT2D eigenvalue weighted by Gasteiger charge is -2.26. The standard InChI is InChI=1S/C15H21NO3/c1-4-18-15(17)13-6-5-12(10(2)11(13)3)14-9-16-7-8-19-14/h5-6,14,16H,4,7-9H2,1-3H3/t14-/m0/s1. The van der Waals surface area contributed by atoms with Crippen molar-refractivity contribution >= 4 is 5.97 Å². The molecule has 0 amide bonds. The Morgan fingerprint density at radius 2 is 2.21 bits per heavy atom. The minimum atomic E-state index is -0.252. The van der Waals surface area contributed by atoms with E-state index in [4.69, 9.17) is 9.47 Å². The quantitative estimate of drug-likeness (QED) is 0.849. The topological polar surface area (TPSA) is 47.6 Å². The van der Waals surface area contributed by atoms with E-state index in [-0.39, 0.29) is 12.1 Å². The summed E-state index contributed by atoms with van der Waals surface area (Å²) in [6.07, 6.45) is 0.0729. The predicted octanol–water partition coefficient (Wildman–Crippen LogP) is 2.14. The van der Waals surface area contributed by atoms with Gasteiger partial charge in [0.05, 0.1) is 24.9 Å². The van der Waals surface area contributed by atoms with Crippen LogP contribution in [-0.4, -0.2) is 32.3 Å². The van der Waals surface area contributed by atoms with Gasteiger partial charge in [0.2, 0.25) is 0 Å². The van der Waals surface area contributed by atoms with Crippen molar-refractivity contribution in [3.05, 3.63) is 34.4 Å². The Hall–Kier alpha value is -1.39. The van der Waals surface area contributed by atoms with Gasteiger partial charge in [-0.3, -0.25) is 0 Å². The number of carbonyl (C=O) groups is 1. The molecular formula is C15H21NO3. The highest BCUT2D eigenvalue weighted by Gasteiger charge is 2.21. The summed E-state index contributed by atoms with van der Waals surface area (Å²) in [5.41, 5.74) is 3.88. The Kier molecular flexibility index (Phi) is 4.56. The van der Waals surface area contributed by atoms with E-state index in [0.717, 1.165) is 36.4 Å². The summed E-state index contributed by atoms with van der Waals surface area (Å²) in [6.45, 7) is 8.65. The van der Waals surface area contributed by atoms with Crippen LogP contribution < -0.4 is 5.32 Å². The molecule has 1 heterocycles. The lowest BCUT2D eigenvalue weighted by Crippen LogP contribution is -2.33. The summed E-state index contributed by atoms with van der Waals surface area (Å²) in [7, 11) is 0. The molecule has 1 aromatic carbocycles. The van der Waals surface area contributed by atoms with Crippen LogP contribution in [0, 0.1) is 13.8 Å². The van der Waals surface area contributed by atoms with Crippen molar-refractivity contribution in [1.29, 1.82) is 0 Å². The van der Waals surface area contributed by atoms with E-state index in [1.54, 1.807) is 0 Å². The molecule has 1 fully saturated rings. The monoisotopic (exact) mass is 263 g/mol. The normalized spacial score (nSPS) is 19.2. The first kappa shape index (κ1) is 14.0. The molecule has 0 radical (unpaired) electrons. The van der Waals surface area contributed by atoms with Crippen LogP contribution in [0.4, 0.5) is 0 Å². The molecule has 4 heteroatoms. The third-order valence-electron chi connectivity index (χ3n) is 3.60. The third-order valence-corrected chi connectivity index (χ3v) is 3.60. The van der Waals surface area contributed by atoms with Gasteiger partial charge >= 0.3 is 5.97 Å². The number of carbonyl (C=O) groups excluding carboxylic acids is 1. The lowest BCUT2D eigenvalue weighted by atomic mass is 9.94. The molecule has 1 atom stereocenters. The summed E-state index contributed by atoms with van der Waals surface area (Å²) >= 11 is 0. The van der Waals surface area contributed by atoms with Crippen LogP contribution in [0.1, 0.15) is 40.1 Å². The fraction of sp³-hybridized carbons (Fsp3) is 0.533. The number of rotatable bonds is 3. The van der Waals surface area contributed by atoms with E-state index in [1.807, 2.05) is 32.9 Å². The van der Waals surface area contributed by atoms with Crippen molar-refractivity contribution in [2.24, 2.45) is 0 Å². The van der Waals surface area contributed by atoms with Crippen molar-refractivity contribution in [2.75, 3.05) is 26.3 Å². The molecule has 1 saturated heterocycles. The second kappa shape index (κ2) is 6.17. The molecule has 1 aliphatic heterocycles. The Bertz CT molecular complexity index is 465. The van der Waals surface area contributed by atoms with E-state index < -0.39 is 0 Å². The molecule has 1 aliphatic rings. The number of hydrogen-bond donors (Lipinski definition) is 1. The molecule has 0 aliphatic carbocycles. The van der Waals surface area contributed by atoms with E-state index >= 15 is 0 Å². The van der Waals surface area contributed by atoms with Crippen LogP contribution in [-0.2, 0) is 9.47 Å². The van der Waals surface area contributed by atoms with Gasteiger partial charge in [-0.2, -0.15) is 0 Å². The summed E-state index contributed by atoms with van der Waals surface area (Å²) in [4.78, 5) is 11.8. The lowest BCUT2D eigenvalue weighted by molar-refractivity contribution is 0.0272. The van der Waals surface area contributed by atoms with Gasteiger partial charge in [0, 0.05) is 13.1 Å². The second-order valence-electron chi connectivity index (χ2n) is 4.74. The highest BCUT2D eigenvalue weighted by Crippen LogP contribution is 2.26. The number of morpholine rings is 1. The van der Waals surface area contributed by atoms with Crippen molar-refractivity contribution in [3.63, 3.8) is 0 Å². The maximum Gasteiger partial charge on any atom is 0.338 e. The molecule has 0 bridgehead atoms. The highest BCUT2D eigenvalue weighted by molar-refractivity contribution is 5.91. The largest absolute Gasteiger partial charge is 0.462 e. The molecule has 0 saturated carbocycles. The van der Waals surface area contributed by atoms with Crippen LogP contribution in [0.3, 0.4) is 0 Å². The average Bonchev–Trinajstić information content (AvgIpc) is 2.43. The Balaban J connectivity index is 2.28. The van der Waals surface area contributed by atoms with Crippen LogP contribution in [0.25, 0.3) is 0 Å². The van der Waals surface area contributed by atoms with Gasteiger partial charge in [-0.05, 0) is 43.5 Å². The van der Waals surface area contributed by atoms with Crippen molar-refractivity contribution in [3.8, 4) is 0 Å². The Morgan fingerprint density at radius 1 is 1.42 bits per heavy atom. The predicted molar refractivity (Wildman–Crippen MR) is 73.4 cm³/mol. The summed E-state index contributed by atoms with van der Waals surface area (Å²) in [5, 5.41) is 3.32. The summed E-state index contributed by atoms with van der Waals surface area (Å²) in [5.74, 6) is -0.252. The van der Waals surface area contributed by atoms with Crippen molar-refractivity contribution in [2.45, 2.75) is 26.9 Å². The fourth-order valence-corrected chi connectivity index (χ4v) is 2.39. The van der Waals surface area contributed by atoms with Crippen LogP contribution >= 0.6 is 0 Å². The van der Waals surface area contributed by atoms with E-state index in [0.29, 0.717) is 12.2 Å². The fourth-order valence-electron chi connectivity index (χ4n) is 2.39. The van der Waals surface area contributed by atoms with E-state index in [2.05, 4.69) is 5.32 Å². The number of hydrogen-bond acceptors (Lipinski definition) is 4. The van der Waals surface area contributed by atoms with Gasteiger partial charge in [0.1, 0.15) is 0 Å². The summed E-state index contributed by atoms with van der Waals surface area (Å²) < 4.78 is 10.8. The first-order chi connectivity index (χ1) is 9.15. The number of benzene rings is 1. The first-order valence-electron chi connectivity index (χ1n) is 6.74. The third kappa shape index (κ3) is 2.96. The van der Waals surface area contributed by atoms with Crippen LogP contribution in [0.5, 0.6) is 0 Å². The molecule has 19 heavy (non-hydrogen) atoms. The zero-order chi connectivity index (χ0) is 13.8. The maximum absolute atomic E-state index is 11.8. The molecule has 0 unspecified atom stereocenters. The van der Waals surface area contributed by atoms with E-state index in [9.17, 15) is 4.79 Å². The van der Waals surface area contributed by atoms with Gasteiger partial charge in [-0.25, -0.2) is 4.79 Å². The molecule has 1 aromatic rings. The van der Waals surface area contributed by atoms with Crippen molar-refractivity contribution < 1.29 is 14.3 Å².